The summed E-state index contributed by atoms with van der Waals surface area (Å²) in [5.41, 5.74) is 0. The molecule has 0 saturated carbocycles. The molecule has 1 unspecified atom stereocenters. The largest absolute Gasteiger partial charge is 0.462 e. The second kappa shape index (κ2) is 71.6. The smallest absolute Gasteiger partial charge is 0.306 e. The molecule has 0 amide bonds. The van der Waals surface area contributed by atoms with Gasteiger partial charge in [-0.05, 0) is 44.9 Å². The van der Waals surface area contributed by atoms with Gasteiger partial charge in [-0.1, -0.05) is 386 Å². The van der Waals surface area contributed by atoms with Crippen molar-refractivity contribution >= 4 is 17.9 Å². The molecule has 1 atom stereocenters. The molecule has 0 bridgehead atoms. The third kappa shape index (κ3) is 68.9. The van der Waals surface area contributed by atoms with E-state index in [2.05, 4.69) is 32.9 Å². The second-order valence-corrected chi connectivity index (χ2v) is 25.9. The van der Waals surface area contributed by atoms with Gasteiger partial charge in [0.2, 0.25) is 0 Å². The van der Waals surface area contributed by atoms with Crippen molar-refractivity contribution in [2.24, 2.45) is 0 Å². The Morgan fingerprint density at radius 1 is 0.232 bits per heavy atom. The number of allylic oxidation sites excluding steroid dienone is 2. The molecule has 0 aliphatic rings. The van der Waals surface area contributed by atoms with E-state index >= 15 is 0 Å². The van der Waals surface area contributed by atoms with Gasteiger partial charge in [0.25, 0.3) is 0 Å². The molecular formula is C76H146O6. The van der Waals surface area contributed by atoms with Crippen molar-refractivity contribution < 1.29 is 28.6 Å². The lowest BCUT2D eigenvalue weighted by atomic mass is 10.0. The van der Waals surface area contributed by atoms with Crippen molar-refractivity contribution in [1.82, 2.24) is 0 Å². The average Bonchev–Trinajstić information content (AvgIpc) is 3.47. The Kier molecular flexibility index (Phi) is 70.0. The van der Waals surface area contributed by atoms with E-state index in [1.54, 1.807) is 0 Å². The zero-order chi connectivity index (χ0) is 59.2. The van der Waals surface area contributed by atoms with Crippen LogP contribution in [0, 0.1) is 0 Å². The summed E-state index contributed by atoms with van der Waals surface area (Å²) in [6, 6.07) is 0. The van der Waals surface area contributed by atoms with Gasteiger partial charge in [-0.15, -0.1) is 0 Å². The maximum absolute atomic E-state index is 12.9. The molecule has 0 aromatic rings. The Labute approximate surface area is 513 Å². The molecule has 0 saturated heterocycles. The first-order valence-electron chi connectivity index (χ1n) is 37.7. The first kappa shape index (κ1) is 80.2. The molecule has 0 aliphatic heterocycles. The molecule has 6 nitrogen and oxygen atoms in total. The number of carbonyl (C=O) groups excluding carboxylic acids is 3. The maximum Gasteiger partial charge on any atom is 0.306 e. The summed E-state index contributed by atoms with van der Waals surface area (Å²) in [6.45, 7) is 6.72. The van der Waals surface area contributed by atoms with Crippen LogP contribution in [0.15, 0.2) is 12.2 Å². The summed E-state index contributed by atoms with van der Waals surface area (Å²) in [6.07, 6.45) is 87.1. The van der Waals surface area contributed by atoms with Crippen LogP contribution < -0.4 is 0 Å². The lowest BCUT2D eigenvalue weighted by Gasteiger charge is -2.18. The number of hydrogen-bond donors (Lipinski definition) is 0. The minimum atomic E-state index is -0.769. The summed E-state index contributed by atoms with van der Waals surface area (Å²) in [7, 11) is 0. The van der Waals surface area contributed by atoms with E-state index in [9.17, 15) is 14.4 Å². The lowest BCUT2D eigenvalue weighted by Crippen LogP contribution is -2.30. The fourth-order valence-corrected chi connectivity index (χ4v) is 11.9. The molecule has 82 heavy (non-hydrogen) atoms. The summed E-state index contributed by atoms with van der Waals surface area (Å²) >= 11 is 0. The van der Waals surface area contributed by atoms with Gasteiger partial charge in [0, 0.05) is 19.3 Å². The van der Waals surface area contributed by atoms with Crippen LogP contribution in [0.25, 0.3) is 0 Å². The predicted octanol–water partition coefficient (Wildman–Crippen LogP) is 26.0. The quantitative estimate of drug-likeness (QED) is 0.0261. The van der Waals surface area contributed by atoms with Gasteiger partial charge in [0.1, 0.15) is 13.2 Å². The van der Waals surface area contributed by atoms with E-state index < -0.39 is 6.10 Å². The molecule has 0 radical (unpaired) electrons. The fraction of sp³-hybridized carbons (Fsp3) is 0.934. The molecule has 0 aromatic carbocycles. The average molecular weight is 1160 g/mol. The number of unbranched alkanes of at least 4 members (excludes halogenated alkanes) is 58. The van der Waals surface area contributed by atoms with Gasteiger partial charge in [-0.25, -0.2) is 0 Å². The Hall–Kier alpha value is -1.85. The van der Waals surface area contributed by atoms with E-state index in [0.29, 0.717) is 19.3 Å². The van der Waals surface area contributed by atoms with Crippen molar-refractivity contribution in [2.75, 3.05) is 13.2 Å². The highest BCUT2D eigenvalue weighted by molar-refractivity contribution is 5.71. The van der Waals surface area contributed by atoms with Gasteiger partial charge >= 0.3 is 17.9 Å². The highest BCUT2D eigenvalue weighted by Gasteiger charge is 2.20. The van der Waals surface area contributed by atoms with Crippen molar-refractivity contribution in [2.45, 2.75) is 444 Å². The van der Waals surface area contributed by atoms with Crippen molar-refractivity contribution in [3.63, 3.8) is 0 Å². The molecule has 0 N–H and O–H groups in total. The number of carbonyl (C=O) groups is 3. The van der Waals surface area contributed by atoms with Gasteiger partial charge in [0.05, 0.1) is 0 Å². The normalized spacial score (nSPS) is 12.0. The molecule has 0 spiro atoms. The van der Waals surface area contributed by atoms with E-state index in [4.69, 9.17) is 14.2 Å². The summed E-state index contributed by atoms with van der Waals surface area (Å²) in [5, 5.41) is 0. The van der Waals surface area contributed by atoms with Gasteiger partial charge < -0.3 is 14.2 Å². The van der Waals surface area contributed by atoms with Gasteiger partial charge in [0.15, 0.2) is 6.10 Å². The zero-order valence-corrected chi connectivity index (χ0v) is 56.1. The molecular weight excluding hydrogens is 1010 g/mol. The number of esters is 3. The topological polar surface area (TPSA) is 78.9 Å². The zero-order valence-electron chi connectivity index (χ0n) is 56.1. The molecule has 0 heterocycles. The van der Waals surface area contributed by atoms with Crippen LogP contribution in [-0.4, -0.2) is 37.2 Å². The Morgan fingerprint density at radius 2 is 0.402 bits per heavy atom. The molecule has 6 heteroatoms. The van der Waals surface area contributed by atoms with Crippen LogP contribution in [0.4, 0.5) is 0 Å². The highest BCUT2D eigenvalue weighted by Crippen LogP contribution is 2.20. The predicted molar refractivity (Wildman–Crippen MR) is 358 cm³/mol. The Balaban J connectivity index is 4.05. The van der Waals surface area contributed by atoms with E-state index in [1.165, 1.54) is 340 Å². The fourth-order valence-electron chi connectivity index (χ4n) is 11.9. The van der Waals surface area contributed by atoms with Crippen LogP contribution in [0.2, 0.25) is 0 Å². The standard InChI is InChI=1S/C76H146O6/c1-4-7-10-13-16-19-22-25-27-29-30-31-32-33-34-35-36-37-38-39-40-41-42-43-44-45-47-48-51-54-57-60-63-66-69-75(78)81-72-73(71-80-74(77)68-65-62-59-56-53-50-24-21-18-15-12-9-6-3)82-76(79)70-67-64-61-58-55-52-49-46-28-26-23-20-17-14-11-8-5-2/h26,28,73H,4-25,27,29-72H2,1-3H3/b28-26-. The van der Waals surface area contributed by atoms with Crippen molar-refractivity contribution in [3.8, 4) is 0 Å². The van der Waals surface area contributed by atoms with Crippen LogP contribution in [0.1, 0.15) is 438 Å². The van der Waals surface area contributed by atoms with Crippen LogP contribution >= 0.6 is 0 Å². The third-order valence-electron chi connectivity index (χ3n) is 17.5. The Morgan fingerprint density at radius 3 is 0.610 bits per heavy atom. The molecule has 0 aliphatic carbocycles. The van der Waals surface area contributed by atoms with Gasteiger partial charge in [-0.3, -0.25) is 14.4 Å². The summed E-state index contributed by atoms with van der Waals surface area (Å²) in [5.74, 6) is -0.835. The van der Waals surface area contributed by atoms with Gasteiger partial charge in [-0.2, -0.15) is 0 Å². The third-order valence-corrected chi connectivity index (χ3v) is 17.5. The summed E-state index contributed by atoms with van der Waals surface area (Å²) in [4.78, 5) is 38.4. The number of hydrogen-bond acceptors (Lipinski definition) is 6. The van der Waals surface area contributed by atoms with Crippen molar-refractivity contribution in [3.05, 3.63) is 12.2 Å². The van der Waals surface area contributed by atoms with Crippen LogP contribution in [0.3, 0.4) is 0 Å². The lowest BCUT2D eigenvalue weighted by molar-refractivity contribution is -0.167. The molecule has 0 aromatic heterocycles. The van der Waals surface area contributed by atoms with Crippen LogP contribution in [-0.2, 0) is 28.6 Å². The van der Waals surface area contributed by atoms with E-state index in [1.807, 2.05) is 0 Å². The molecule has 486 valence electrons. The monoisotopic (exact) mass is 1160 g/mol. The summed E-state index contributed by atoms with van der Waals surface area (Å²) < 4.78 is 17.0. The van der Waals surface area contributed by atoms with E-state index in [-0.39, 0.29) is 31.1 Å². The first-order valence-corrected chi connectivity index (χ1v) is 37.7. The number of ether oxygens (including phenoxy) is 3. The molecule has 0 fully saturated rings. The van der Waals surface area contributed by atoms with Crippen molar-refractivity contribution in [1.29, 1.82) is 0 Å². The maximum atomic E-state index is 12.9. The first-order chi connectivity index (χ1) is 40.5. The highest BCUT2D eigenvalue weighted by atomic mass is 16.6. The Bertz CT molecular complexity index is 1280. The SMILES string of the molecule is CCCCCCCC/C=C\CCCCCCCCCC(=O)OC(COC(=O)CCCCCCCCCCCCCCC)COC(=O)CCCCCCCCCCCCCCCCCCCCCCCCCCCCCCCCCCCC. The van der Waals surface area contributed by atoms with E-state index in [0.717, 1.165) is 57.8 Å². The van der Waals surface area contributed by atoms with Crippen LogP contribution in [0.5, 0.6) is 0 Å². The second-order valence-electron chi connectivity index (χ2n) is 25.9. The minimum Gasteiger partial charge on any atom is -0.462 e. The number of rotatable bonds is 71. The minimum absolute atomic E-state index is 0.0650. The molecule has 0 rings (SSSR count).